The van der Waals surface area contributed by atoms with Crippen LogP contribution in [0.1, 0.15) is 28.0 Å². The van der Waals surface area contributed by atoms with Gasteiger partial charge in [0.2, 0.25) is 0 Å². The molecule has 0 amide bonds. The highest BCUT2D eigenvalue weighted by atomic mass is 19.4. The number of pyridine rings is 1. The number of halogens is 5. The van der Waals surface area contributed by atoms with E-state index in [1.165, 1.54) is 0 Å². The maximum absolute atomic E-state index is 12.8. The van der Waals surface area contributed by atoms with Crippen LogP contribution >= 0.6 is 0 Å². The second-order valence-electron chi connectivity index (χ2n) is 3.26. The van der Waals surface area contributed by atoms with Gasteiger partial charge in [-0.3, -0.25) is 4.98 Å². The van der Waals surface area contributed by atoms with Crippen molar-refractivity contribution in [1.29, 1.82) is 0 Å². The summed E-state index contributed by atoms with van der Waals surface area (Å²) in [6.07, 6.45) is -8.11. The van der Waals surface area contributed by atoms with Gasteiger partial charge in [-0.05, 0) is 0 Å². The van der Waals surface area contributed by atoms with Gasteiger partial charge in [-0.2, -0.15) is 13.2 Å². The average Bonchev–Trinajstić information content (AvgIpc) is 2.34. The molecule has 0 saturated heterocycles. The van der Waals surface area contributed by atoms with Gasteiger partial charge in [-0.15, -0.1) is 0 Å². The number of esters is 1. The van der Waals surface area contributed by atoms with Crippen molar-refractivity contribution in [3.05, 3.63) is 23.0 Å². The fraction of sp³-hybridized carbons (Fsp3) is 0.400. The van der Waals surface area contributed by atoms with E-state index in [-0.39, 0.29) is 0 Å². The zero-order valence-electron chi connectivity index (χ0n) is 9.72. The van der Waals surface area contributed by atoms with Gasteiger partial charge in [0.05, 0.1) is 19.8 Å². The highest BCUT2D eigenvalue weighted by molar-refractivity contribution is 5.92. The fourth-order valence-corrected chi connectivity index (χ4v) is 1.41. The Bertz CT molecular complexity index is 487. The summed E-state index contributed by atoms with van der Waals surface area (Å²) in [5.41, 5.74) is -3.89. The van der Waals surface area contributed by atoms with Crippen molar-refractivity contribution in [2.75, 3.05) is 14.2 Å². The maximum atomic E-state index is 12.8. The van der Waals surface area contributed by atoms with Crippen LogP contribution < -0.4 is 4.74 Å². The van der Waals surface area contributed by atoms with Crippen molar-refractivity contribution in [2.45, 2.75) is 12.6 Å². The van der Waals surface area contributed by atoms with Crippen LogP contribution in [0.25, 0.3) is 0 Å². The highest BCUT2D eigenvalue weighted by Gasteiger charge is 2.41. The van der Waals surface area contributed by atoms with E-state index in [0.717, 1.165) is 14.2 Å². The molecule has 0 N–H and O–H groups in total. The molecule has 0 fully saturated rings. The summed E-state index contributed by atoms with van der Waals surface area (Å²) in [6, 6.07) is 0. The van der Waals surface area contributed by atoms with Crippen LogP contribution in [-0.2, 0) is 10.9 Å². The Morgan fingerprint density at radius 2 is 1.89 bits per heavy atom. The van der Waals surface area contributed by atoms with Crippen molar-refractivity contribution < 1.29 is 36.2 Å². The third-order valence-electron chi connectivity index (χ3n) is 2.16. The summed E-state index contributed by atoms with van der Waals surface area (Å²) >= 11 is 0. The Hall–Kier alpha value is -1.93. The molecule has 0 spiro atoms. The molecule has 0 saturated carbocycles. The summed E-state index contributed by atoms with van der Waals surface area (Å²) in [4.78, 5) is 14.1. The molecule has 1 rings (SSSR count). The summed E-state index contributed by atoms with van der Waals surface area (Å²) < 4.78 is 72.0. The van der Waals surface area contributed by atoms with Gasteiger partial charge in [-0.25, -0.2) is 13.6 Å². The molecule has 19 heavy (non-hydrogen) atoms. The molecule has 9 heteroatoms. The van der Waals surface area contributed by atoms with E-state index in [1.807, 2.05) is 0 Å². The second-order valence-corrected chi connectivity index (χ2v) is 3.26. The number of hydrogen-bond donors (Lipinski definition) is 0. The zero-order valence-corrected chi connectivity index (χ0v) is 9.72. The van der Waals surface area contributed by atoms with Gasteiger partial charge in [0.15, 0.2) is 5.69 Å². The molecule has 1 aromatic rings. The molecule has 0 aliphatic heterocycles. The van der Waals surface area contributed by atoms with Gasteiger partial charge < -0.3 is 9.47 Å². The molecular formula is C10H8F5NO3. The predicted octanol–water partition coefficient (Wildman–Crippen LogP) is 2.83. The molecule has 4 nitrogen and oxygen atoms in total. The first-order chi connectivity index (χ1) is 8.73. The number of carbonyl (C=O) groups is 1. The summed E-state index contributed by atoms with van der Waals surface area (Å²) in [6.45, 7) is 0. The normalized spacial score (nSPS) is 11.6. The number of alkyl halides is 5. The van der Waals surface area contributed by atoms with Crippen LogP contribution in [0, 0.1) is 0 Å². The van der Waals surface area contributed by atoms with Gasteiger partial charge in [0.1, 0.15) is 11.3 Å². The minimum atomic E-state index is -5.09. The number of rotatable bonds is 3. The second kappa shape index (κ2) is 5.37. The Morgan fingerprint density at radius 3 is 2.26 bits per heavy atom. The molecule has 1 heterocycles. The van der Waals surface area contributed by atoms with E-state index in [1.54, 1.807) is 0 Å². The smallest absolute Gasteiger partial charge is 0.433 e. The van der Waals surface area contributed by atoms with Gasteiger partial charge >= 0.3 is 12.1 Å². The molecule has 0 bridgehead atoms. The number of carbonyl (C=O) groups excluding carboxylic acids is 1. The van der Waals surface area contributed by atoms with E-state index in [9.17, 15) is 26.7 Å². The summed E-state index contributed by atoms with van der Waals surface area (Å²) in [5, 5.41) is 0. The SMILES string of the molecule is COC(=O)c1cnc(C(F)(F)F)c(C(F)F)c1OC. The lowest BCUT2D eigenvalue weighted by atomic mass is 10.1. The molecule has 106 valence electrons. The van der Waals surface area contributed by atoms with Crippen molar-refractivity contribution in [2.24, 2.45) is 0 Å². The van der Waals surface area contributed by atoms with E-state index in [0.29, 0.717) is 6.20 Å². The Balaban J connectivity index is 3.62. The maximum Gasteiger partial charge on any atom is 0.433 e. The van der Waals surface area contributed by atoms with Crippen LogP contribution in [0.5, 0.6) is 5.75 Å². The monoisotopic (exact) mass is 285 g/mol. The molecule has 0 aromatic carbocycles. The first-order valence-corrected chi connectivity index (χ1v) is 4.74. The van der Waals surface area contributed by atoms with Gasteiger partial charge in [0.25, 0.3) is 6.43 Å². The van der Waals surface area contributed by atoms with Crippen molar-refractivity contribution in [3.8, 4) is 5.75 Å². The molecule has 1 aromatic heterocycles. The third-order valence-corrected chi connectivity index (χ3v) is 2.16. The molecule has 0 aliphatic rings. The number of methoxy groups -OCH3 is 2. The quantitative estimate of drug-likeness (QED) is 0.633. The molecule has 0 atom stereocenters. The van der Waals surface area contributed by atoms with E-state index in [4.69, 9.17) is 0 Å². The highest BCUT2D eigenvalue weighted by Crippen LogP contribution is 2.41. The van der Waals surface area contributed by atoms with Crippen LogP contribution in [0.4, 0.5) is 22.0 Å². The van der Waals surface area contributed by atoms with Crippen molar-refractivity contribution in [3.63, 3.8) is 0 Å². The van der Waals surface area contributed by atoms with Crippen molar-refractivity contribution in [1.82, 2.24) is 4.98 Å². The predicted molar refractivity (Wildman–Crippen MR) is 52.1 cm³/mol. The lowest BCUT2D eigenvalue weighted by Gasteiger charge is -2.16. The van der Waals surface area contributed by atoms with E-state index >= 15 is 0 Å². The molecular weight excluding hydrogens is 277 g/mol. The van der Waals surface area contributed by atoms with Gasteiger partial charge in [-0.1, -0.05) is 0 Å². The van der Waals surface area contributed by atoms with Crippen LogP contribution in [0.2, 0.25) is 0 Å². The first kappa shape index (κ1) is 15.1. The fourth-order valence-electron chi connectivity index (χ4n) is 1.41. The standard InChI is InChI=1S/C10H8F5NO3/c1-18-6-4(9(17)19-2)3-16-7(10(13,14)15)5(6)8(11)12/h3,8H,1-2H3. The minimum Gasteiger partial charge on any atom is -0.495 e. The first-order valence-electron chi connectivity index (χ1n) is 4.74. The van der Waals surface area contributed by atoms with Crippen LogP contribution in [0.15, 0.2) is 6.20 Å². The number of nitrogens with zero attached hydrogens (tertiary/aromatic N) is 1. The number of hydrogen-bond acceptors (Lipinski definition) is 4. The van der Waals surface area contributed by atoms with Crippen LogP contribution in [0.3, 0.4) is 0 Å². The topological polar surface area (TPSA) is 48.4 Å². The minimum absolute atomic E-state index is 0.485. The number of ether oxygens (including phenoxy) is 2. The molecule has 0 aliphatic carbocycles. The average molecular weight is 285 g/mol. The largest absolute Gasteiger partial charge is 0.495 e. The number of aromatic nitrogens is 1. The van der Waals surface area contributed by atoms with E-state index in [2.05, 4.69) is 14.5 Å². The Morgan fingerprint density at radius 1 is 1.32 bits per heavy atom. The van der Waals surface area contributed by atoms with Crippen LogP contribution in [-0.4, -0.2) is 25.2 Å². The zero-order chi connectivity index (χ0) is 14.8. The van der Waals surface area contributed by atoms with E-state index < -0.39 is 41.1 Å². The Kier molecular flexibility index (Phi) is 4.28. The summed E-state index contributed by atoms with van der Waals surface area (Å²) in [5.74, 6) is -2.02. The van der Waals surface area contributed by atoms with Crippen molar-refractivity contribution >= 4 is 5.97 Å². The molecule has 0 unspecified atom stereocenters. The summed E-state index contributed by atoms with van der Waals surface area (Å²) in [7, 11) is 1.81. The molecule has 0 radical (unpaired) electrons. The Labute approximate surface area is 104 Å². The lowest BCUT2D eigenvalue weighted by molar-refractivity contribution is -0.143. The third kappa shape index (κ3) is 2.91. The lowest BCUT2D eigenvalue weighted by Crippen LogP contribution is -2.16. The van der Waals surface area contributed by atoms with Gasteiger partial charge in [0, 0.05) is 6.20 Å².